The van der Waals surface area contributed by atoms with Gasteiger partial charge in [-0.2, -0.15) is 0 Å². The molecule has 1 aromatic heterocycles. The zero-order valence-electron chi connectivity index (χ0n) is 11.9. The van der Waals surface area contributed by atoms with Crippen LogP contribution in [0.4, 0.5) is 0 Å². The molecule has 5 heteroatoms. The molecule has 0 radical (unpaired) electrons. The van der Waals surface area contributed by atoms with Gasteiger partial charge in [-0.05, 0) is 32.1 Å². The molecule has 1 aromatic carbocycles. The van der Waals surface area contributed by atoms with Crippen LogP contribution in [0, 0.1) is 6.92 Å². The molecule has 1 atom stereocenters. The third-order valence-corrected chi connectivity index (χ3v) is 2.94. The first-order valence-corrected chi connectivity index (χ1v) is 6.63. The third kappa shape index (κ3) is 3.79. The lowest BCUT2D eigenvalue weighted by atomic mass is 10.1. The lowest BCUT2D eigenvalue weighted by Crippen LogP contribution is -2.29. The molecule has 1 heterocycles. The fraction of sp³-hybridized carbons (Fsp3) is 0.250. The molecule has 2 N–H and O–H groups in total. The van der Waals surface area contributed by atoms with Crippen molar-refractivity contribution in [2.24, 2.45) is 0 Å². The second-order valence-corrected chi connectivity index (χ2v) is 4.95. The van der Waals surface area contributed by atoms with E-state index in [0.29, 0.717) is 16.5 Å². The number of carbonyl (C=O) groups excluding carboxylic acids is 1. The monoisotopic (exact) mass is 287 g/mol. The second kappa shape index (κ2) is 6.37. The van der Waals surface area contributed by atoms with Gasteiger partial charge in [-0.25, -0.2) is 0 Å². The minimum Gasteiger partial charge on any atom is -0.463 e. The first kappa shape index (κ1) is 15.0. The van der Waals surface area contributed by atoms with Gasteiger partial charge in [0.1, 0.15) is 11.8 Å². The number of aliphatic hydroxyl groups is 1. The molecule has 110 valence electrons. The zero-order chi connectivity index (χ0) is 15.4. The fourth-order valence-electron chi connectivity index (χ4n) is 1.85. The van der Waals surface area contributed by atoms with Crippen molar-refractivity contribution in [2.75, 3.05) is 6.54 Å². The molecule has 0 aliphatic rings. The highest BCUT2D eigenvalue weighted by atomic mass is 16.3. The van der Waals surface area contributed by atoms with E-state index in [2.05, 4.69) is 5.32 Å². The predicted octanol–water partition coefficient (Wildman–Crippen LogP) is 1.61. The molecule has 0 fully saturated rings. The van der Waals surface area contributed by atoms with Crippen molar-refractivity contribution in [1.82, 2.24) is 5.32 Å². The highest BCUT2D eigenvalue weighted by Gasteiger charge is 2.05. The van der Waals surface area contributed by atoms with Gasteiger partial charge in [-0.3, -0.25) is 9.59 Å². The van der Waals surface area contributed by atoms with Crippen LogP contribution in [-0.4, -0.2) is 23.7 Å². The van der Waals surface area contributed by atoms with Crippen molar-refractivity contribution >= 4 is 23.0 Å². The summed E-state index contributed by atoms with van der Waals surface area (Å²) in [7, 11) is 0. The highest BCUT2D eigenvalue weighted by Crippen LogP contribution is 2.13. The van der Waals surface area contributed by atoms with Gasteiger partial charge in [0.25, 0.3) is 0 Å². The van der Waals surface area contributed by atoms with E-state index in [1.54, 1.807) is 19.1 Å². The van der Waals surface area contributed by atoms with Crippen LogP contribution in [0.3, 0.4) is 0 Å². The number of carbonyl (C=O) groups is 1. The quantitative estimate of drug-likeness (QED) is 0.837. The van der Waals surface area contributed by atoms with Gasteiger partial charge >= 0.3 is 0 Å². The molecular formula is C16H17NO4. The summed E-state index contributed by atoms with van der Waals surface area (Å²) in [5.41, 5.74) is 1.60. The molecule has 0 spiro atoms. The SMILES string of the molecule is Cc1ccc2occ(/C=C/C(=O)NCC(C)O)c(=O)c2c1. The van der Waals surface area contributed by atoms with Crippen LogP contribution in [0.25, 0.3) is 17.0 Å². The Bertz CT molecular complexity index is 744. The largest absolute Gasteiger partial charge is 0.463 e. The predicted molar refractivity (Wildman–Crippen MR) is 80.9 cm³/mol. The van der Waals surface area contributed by atoms with E-state index in [-0.39, 0.29) is 17.9 Å². The molecule has 21 heavy (non-hydrogen) atoms. The Labute approximate surface area is 121 Å². The van der Waals surface area contributed by atoms with Crippen LogP contribution in [0.5, 0.6) is 0 Å². The van der Waals surface area contributed by atoms with Crippen LogP contribution in [0.15, 0.2) is 39.7 Å². The van der Waals surface area contributed by atoms with Gasteiger partial charge < -0.3 is 14.8 Å². The second-order valence-electron chi connectivity index (χ2n) is 4.95. The first-order valence-electron chi connectivity index (χ1n) is 6.63. The maximum atomic E-state index is 12.3. The Hall–Kier alpha value is -2.40. The lowest BCUT2D eigenvalue weighted by Gasteiger charge is -2.03. The van der Waals surface area contributed by atoms with Gasteiger partial charge in [0.15, 0.2) is 5.43 Å². The number of rotatable bonds is 4. The van der Waals surface area contributed by atoms with Crippen molar-refractivity contribution in [3.8, 4) is 0 Å². The minimum absolute atomic E-state index is 0.161. The Kier molecular flexibility index (Phi) is 4.55. The summed E-state index contributed by atoms with van der Waals surface area (Å²) in [4.78, 5) is 23.8. The number of benzene rings is 1. The summed E-state index contributed by atoms with van der Waals surface area (Å²) in [5.74, 6) is -0.375. The molecule has 2 rings (SSSR count). The molecule has 1 amide bonds. The topological polar surface area (TPSA) is 79.5 Å². The van der Waals surface area contributed by atoms with Crippen LogP contribution in [0.2, 0.25) is 0 Å². The highest BCUT2D eigenvalue weighted by molar-refractivity contribution is 5.92. The Morgan fingerprint density at radius 3 is 2.95 bits per heavy atom. The Balaban J connectivity index is 2.25. The molecule has 5 nitrogen and oxygen atoms in total. The molecule has 0 aliphatic heterocycles. The van der Waals surface area contributed by atoms with Crippen LogP contribution in [-0.2, 0) is 4.79 Å². The van der Waals surface area contributed by atoms with Crippen molar-refractivity contribution < 1.29 is 14.3 Å². The van der Waals surface area contributed by atoms with Crippen LogP contribution >= 0.6 is 0 Å². The van der Waals surface area contributed by atoms with E-state index in [0.717, 1.165) is 5.56 Å². The minimum atomic E-state index is -0.615. The first-order chi connectivity index (χ1) is 9.97. The summed E-state index contributed by atoms with van der Waals surface area (Å²) in [6.45, 7) is 3.63. The number of amides is 1. The number of hydrogen-bond acceptors (Lipinski definition) is 4. The molecule has 0 aliphatic carbocycles. The number of nitrogens with one attached hydrogen (secondary N) is 1. The van der Waals surface area contributed by atoms with Crippen molar-refractivity contribution in [2.45, 2.75) is 20.0 Å². The van der Waals surface area contributed by atoms with Gasteiger partial charge in [0, 0.05) is 12.6 Å². The number of hydrogen-bond donors (Lipinski definition) is 2. The summed E-state index contributed by atoms with van der Waals surface area (Å²) in [6, 6.07) is 5.37. The number of aryl methyl sites for hydroxylation is 1. The zero-order valence-corrected chi connectivity index (χ0v) is 11.9. The average molecular weight is 287 g/mol. The average Bonchev–Trinajstić information content (AvgIpc) is 2.45. The number of fused-ring (bicyclic) bond motifs is 1. The van der Waals surface area contributed by atoms with Crippen molar-refractivity contribution in [3.63, 3.8) is 0 Å². The van der Waals surface area contributed by atoms with Gasteiger partial charge in [-0.1, -0.05) is 11.6 Å². The third-order valence-electron chi connectivity index (χ3n) is 2.94. The van der Waals surface area contributed by atoms with E-state index < -0.39 is 6.10 Å². The molecular weight excluding hydrogens is 270 g/mol. The maximum Gasteiger partial charge on any atom is 0.244 e. The lowest BCUT2D eigenvalue weighted by molar-refractivity contribution is -0.116. The Morgan fingerprint density at radius 1 is 1.48 bits per heavy atom. The van der Waals surface area contributed by atoms with Gasteiger partial charge in [0.05, 0.1) is 17.1 Å². The Morgan fingerprint density at radius 2 is 2.24 bits per heavy atom. The van der Waals surface area contributed by atoms with Gasteiger partial charge in [0.2, 0.25) is 5.91 Å². The van der Waals surface area contributed by atoms with E-state index in [1.165, 1.54) is 18.4 Å². The summed E-state index contributed by atoms with van der Waals surface area (Å²) in [5, 5.41) is 12.1. The molecule has 0 saturated carbocycles. The smallest absolute Gasteiger partial charge is 0.244 e. The summed E-state index contributed by atoms with van der Waals surface area (Å²) in [6.07, 6.45) is 3.37. The number of aliphatic hydroxyl groups excluding tert-OH is 1. The van der Waals surface area contributed by atoms with Crippen LogP contribution < -0.4 is 10.7 Å². The standard InChI is InChI=1S/C16H17NO4/c1-10-3-5-14-13(7-10)16(20)12(9-21-14)4-6-15(19)17-8-11(2)18/h3-7,9,11,18H,8H2,1-2H3,(H,17,19)/b6-4+. The normalized spacial score (nSPS) is 12.7. The molecule has 0 bridgehead atoms. The molecule has 0 saturated heterocycles. The van der Waals surface area contributed by atoms with Crippen LogP contribution in [0.1, 0.15) is 18.1 Å². The molecule has 2 aromatic rings. The van der Waals surface area contributed by atoms with Gasteiger partial charge in [-0.15, -0.1) is 0 Å². The van der Waals surface area contributed by atoms with Crippen molar-refractivity contribution in [3.05, 3.63) is 51.9 Å². The van der Waals surface area contributed by atoms with E-state index in [4.69, 9.17) is 9.52 Å². The van der Waals surface area contributed by atoms with Crippen molar-refractivity contribution in [1.29, 1.82) is 0 Å². The summed E-state index contributed by atoms with van der Waals surface area (Å²) < 4.78 is 5.39. The van der Waals surface area contributed by atoms with E-state index in [9.17, 15) is 9.59 Å². The fourth-order valence-corrected chi connectivity index (χ4v) is 1.85. The molecule has 1 unspecified atom stereocenters. The van der Waals surface area contributed by atoms with E-state index >= 15 is 0 Å². The maximum absolute atomic E-state index is 12.3. The van der Waals surface area contributed by atoms with E-state index in [1.807, 2.05) is 13.0 Å². The summed E-state index contributed by atoms with van der Waals surface area (Å²) >= 11 is 0.